The molecule has 6 nitrogen and oxygen atoms in total. The van der Waals surface area contributed by atoms with Crippen LogP contribution in [-0.4, -0.2) is 33.4 Å². The van der Waals surface area contributed by atoms with Crippen molar-refractivity contribution in [1.29, 1.82) is 0 Å². The van der Waals surface area contributed by atoms with E-state index in [-0.39, 0.29) is 17.5 Å². The van der Waals surface area contributed by atoms with Gasteiger partial charge in [0, 0.05) is 25.3 Å². The van der Waals surface area contributed by atoms with Gasteiger partial charge in [-0.1, -0.05) is 12.1 Å². The number of amides is 1. The minimum atomic E-state index is -0.518. The van der Waals surface area contributed by atoms with E-state index in [1.807, 2.05) is 0 Å². The van der Waals surface area contributed by atoms with Gasteiger partial charge in [0.05, 0.1) is 5.56 Å². The summed E-state index contributed by atoms with van der Waals surface area (Å²) in [7, 11) is 0. The van der Waals surface area contributed by atoms with E-state index in [0.717, 1.165) is 0 Å². The summed E-state index contributed by atoms with van der Waals surface area (Å²) in [5.41, 5.74) is 1.05. The van der Waals surface area contributed by atoms with E-state index in [0.29, 0.717) is 37.2 Å². The number of rotatable bonds is 2. The van der Waals surface area contributed by atoms with Gasteiger partial charge in [0.25, 0.3) is 5.91 Å². The highest BCUT2D eigenvalue weighted by atomic mass is 19.1. The first-order valence-electron chi connectivity index (χ1n) is 8.15. The number of pyridine rings is 1. The predicted molar refractivity (Wildman–Crippen MR) is 88.8 cm³/mol. The zero-order valence-electron chi connectivity index (χ0n) is 13.4. The molecule has 1 aliphatic rings. The third-order valence-corrected chi connectivity index (χ3v) is 4.59. The fourth-order valence-corrected chi connectivity index (χ4v) is 3.33. The average Bonchev–Trinajstić information content (AvgIpc) is 2.97. The van der Waals surface area contributed by atoms with Crippen molar-refractivity contribution < 1.29 is 13.6 Å². The molecule has 1 amide bonds. The molecule has 1 saturated heterocycles. The van der Waals surface area contributed by atoms with E-state index in [9.17, 15) is 14.0 Å². The number of oxazole rings is 1. The molecule has 25 heavy (non-hydrogen) atoms. The Balaban J connectivity index is 1.54. The van der Waals surface area contributed by atoms with Crippen LogP contribution in [-0.2, 0) is 0 Å². The van der Waals surface area contributed by atoms with Crippen molar-refractivity contribution in [3.63, 3.8) is 0 Å². The van der Waals surface area contributed by atoms with Crippen molar-refractivity contribution in [2.75, 3.05) is 13.1 Å². The van der Waals surface area contributed by atoms with Crippen LogP contribution in [0.3, 0.4) is 0 Å². The third kappa shape index (κ3) is 2.71. The first kappa shape index (κ1) is 15.6. The molecule has 0 N–H and O–H groups in total. The number of carbonyl (C=O) groups excluding carboxylic acids is 1. The van der Waals surface area contributed by atoms with Crippen LogP contribution in [0.5, 0.6) is 0 Å². The van der Waals surface area contributed by atoms with Crippen molar-refractivity contribution in [3.8, 4) is 0 Å². The van der Waals surface area contributed by atoms with Crippen molar-refractivity contribution in [3.05, 3.63) is 64.5 Å². The second kappa shape index (κ2) is 6.16. The number of halogens is 1. The second-order valence-electron chi connectivity index (χ2n) is 6.07. The van der Waals surface area contributed by atoms with Gasteiger partial charge in [-0.2, -0.15) is 0 Å². The number of benzene rings is 1. The molecule has 0 atom stereocenters. The molecule has 1 aromatic carbocycles. The Bertz CT molecular complexity index is 986. The first-order chi connectivity index (χ1) is 12.1. The number of aromatic nitrogens is 2. The van der Waals surface area contributed by atoms with Gasteiger partial charge in [-0.3, -0.25) is 9.36 Å². The molecule has 4 rings (SSSR count). The van der Waals surface area contributed by atoms with Crippen LogP contribution in [0.1, 0.15) is 29.2 Å². The zero-order valence-corrected chi connectivity index (χ0v) is 13.4. The molecule has 3 aromatic rings. The monoisotopic (exact) mass is 341 g/mol. The van der Waals surface area contributed by atoms with Crippen LogP contribution in [0.2, 0.25) is 0 Å². The Kier molecular flexibility index (Phi) is 3.83. The van der Waals surface area contributed by atoms with E-state index in [1.165, 1.54) is 12.1 Å². The number of carbonyl (C=O) groups is 1. The molecule has 0 saturated carbocycles. The van der Waals surface area contributed by atoms with Crippen LogP contribution in [0.4, 0.5) is 4.39 Å². The maximum absolute atomic E-state index is 13.8. The summed E-state index contributed by atoms with van der Waals surface area (Å²) in [6, 6.07) is 9.30. The fourth-order valence-electron chi connectivity index (χ4n) is 3.33. The number of likely N-dealkylation sites (tertiary alicyclic amines) is 1. The third-order valence-electron chi connectivity index (χ3n) is 4.59. The van der Waals surface area contributed by atoms with Crippen LogP contribution >= 0.6 is 0 Å². The predicted octanol–water partition coefficient (Wildman–Crippen LogP) is 2.61. The average molecular weight is 341 g/mol. The Hall–Kier alpha value is -2.96. The number of piperidine rings is 1. The molecule has 0 spiro atoms. The van der Waals surface area contributed by atoms with Crippen LogP contribution < -0.4 is 5.76 Å². The summed E-state index contributed by atoms with van der Waals surface area (Å²) >= 11 is 0. The number of hydrogen-bond donors (Lipinski definition) is 0. The number of hydrogen-bond acceptors (Lipinski definition) is 4. The molecule has 7 heteroatoms. The largest absolute Gasteiger partial charge is 0.421 e. The molecule has 0 bridgehead atoms. The fraction of sp³-hybridized carbons (Fsp3) is 0.278. The maximum Gasteiger partial charge on any atom is 0.421 e. The normalized spacial score (nSPS) is 15.6. The molecule has 0 aliphatic carbocycles. The lowest BCUT2D eigenvalue weighted by Gasteiger charge is -2.32. The van der Waals surface area contributed by atoms with Gasteiger partial charge in [0.2, 0.25) is 0 Å². The van der Waals surface area contributed by atoms with E-state index >= 15 is 0 Å². The van der Waals surface area contributed by atoms with Gasteiger partial charge in [0.15, 0.2) is 11.2 Å². The van der Waals surface area contributed by atoms with Crippen LogP contribution in [0.25, 0.3) is 11.2 Å². The SMILES string of the molecule is O=C(c1ccccc1F)N1CCC(n2c(=O)oc3cccnc32)CC1. The Morgan fingerprint density at radius 3 is 2.68 bits per heavy atom. The van der Waals surface area contributed by atoms with Gasteiger partial charge in [0.1, 0.15) is 5.82 Å². The lowest BCUT2D eigenvalue weighted by Crippen LogP contribution is -2.40. The first-order valence-corrected chi connectivity index (χ1v) is 8.15. The standard InChI is InChI=1S/C18H16FN3O3/c19-14-5-2-1-4-13(14)17(23)21-10-7-12(8-11-21)22-16-15(25-18(22)24)6-3-9-20-16/h1-6,9,12H,7-8,10-11H2. The van der Waals surface area contributed by atoms with Crippen molar-refractivity contribution in [2.45, 2.75) is 18.9 Å². The Morgan fingerprint density at radius 2 is 1.92 bits per heavy atom. The van der Waals surface area contributed by atoms with E-state index in [4.69, 9.17) is 4.42 Å². The molecule has 2 aromatic heterocycles. The van der Waals surface area contributed by atoms with Gasteiger partial charge >= 0.3 is 5.76 Å². The van der Waals surface area contributed by atoms with E-state index < -0.39 is 11.6 Å². The minimum absolute atomic E-state index is 0.0774. The highest BCUT2D eigenvalue weighted by Gasteiger charge is 2.28. The second-order valence-corrected chi connectivity index (χ2v) is 6.07. The maximum atomic E-state index is 13.8. The molecule has 128 valence electrons. The molecule has 0 radical (unpaired) electrons. The Labute approximate surface area is 142 Å². The topological polar surface area (TPSA) is 68.3 Å². The van der Waals surface area contributed by atoms with Gasteiger partial charge in [-0.05, 0) is 37.1 Å². The summed E-state index contributed by atoms with van der Waals surface area (Å²) in [5, 5.41) is 0. The molecule has 0 unspecified atom stereocenters. The van der Waals surface area contributed by atoms with Gasteiger partial charge in [-0.25, -0.2) is 14.2 Å². The van der Waals surface area contributed by atoms with Crippen molar-refractivity contribution >= 4 is 17.1 Å². The summed E-state index contributed by atoms with van der Waals surface area (Å²) in [4.78, 5) is 30.5. The lowest BCUT2D eigenvalue weighted by molar-refractivity contribution is 0.0689. The highest BCUT2D eigenvalue weighted by Crippen LogP contribution is 2.25. The minimum Gasteiger partial charge on any atom is -0.406 e. The van der Waals surface area contributed by atoms with Gasteiger partial charge < -0.3 is 9.32 Å². The molecule has 1 fully saturated rings. The lowest BCUT2D eigenvalue weighted by atomic mass is 10.0. The van der Waals surface area contributed by atoms with Crippen molar-refractivity contribution in [1.82, 2.24) is 14.5 Å². The number of nitrogens with zero attached hydrogens (tertiary/aromatic N) is 3. The number of fused-ring (bicyclic) bond motifs is 1. The molecular weight excluding hydrogens is 325 g/mol. The molecule has 1 aliphatic heterocycles. The van der Waals surface area contributed by atoms with Crippen molar-refractivity contribution in [2.24, 2.45) is 0 Å². The quantitative estimate of drug-likeness (QED) is 0.718. The smallest absolute Gasteiger partial charge is 0.406 e. The van der Waals surface area contributed by atoms with Crippen LogP contribution in [0.15, 0.2) is 51.8 Å². The zero-order chi connectivity index (χ0) is 17.4. The van der Waals surface area contributed by atoms with E-state index in [2.05, 4.69) is 4.98 Å². The summed E-state index contributed by atoms with van der Waals surface area (Å²) in [6.07, 6.45) is 2.79. The molecular formula is C18H16FN3O3. The molecule has 3 heterocycles. The van der Waals surface area contributed by atoms with Crippen LogP contribution in [0, 0.1) is 5.82 Å². The summed E-state index contributed by atoms with van der Waals surface area (Å²) in [6.45, 7) is 0.896. The van der Waals surface area contributed by atoms with E-state index in [1.54, 1.807) is 39.9 Å². The summed E-state index contributed by atoms with van der Waals surface area (Å²) < 4.78 is 20.6. The Morgan fingerprint density at radius 1 is 1.16 bits per heavy atom. The highest BCUT2D eigenvalue weighted by molar-refractivity contribution is 5.94. The summed E-state index contributed by atoms with van der Waals surface area (Å²) in [5.74, 6) is -1.28. The van der Waals surface area contributed by atoms with Gasteiger partial charge in [-0.15, -0.1) is 0 Å².